The van der Waals surface area contributed by atoms with E-state index >= 15 is 0 Å². The quantitative estimate of drug-likeness (QED) is 0.482. The maximum absolute atomic E-state index is 12.6. The predicted octanol–water partition coefficient (Wildman–Crippen LogP) is 4.60. The molecular weight excluding hydrogens is 418 g/mol. The van der Waals surface area contributed by atoms with Gasteiger partial charge in [0.1, 0.15) is 0 Å². The molecule has 28 heavy (non-hydrogen) atoms. The molecule has 142 valence electrons. The Morgan fingerprint density at radius 1 is 1.00 bits per heavy atom. The van der Waals surface area contributed by atoms with E-state index in [4.69, 9.17) is 16.0 Å². The van der Waals surface area contributed by atoms with E-state index in [1.54, 1.807) is 0 Å². The molecule has 9 heteroatoms. The summed E-state index contributed by atoms with van der Waals surface area (Å²) in [6, 6.07) is 17.4. The fourth-order valence-electron chi connectivity index (χ4n) is 2.53. The molecule has 1 N–H and O–H groups in total. The first kappa shape index (κ1) is 18.8. The fraction of sp³-hybridized carbons (Fsp3) is 0.0526. The first-order chi connectivity index (χ1) is 13.5. The number of hydrogen-bond acceptors (Lipinski definition) is 6. The zero-order valence-corrected chi connectivity index (χ0v) is 16.8. The lowest BCUT2D eigenvalue weighted by atomic mass is 10.2. The van der Waals surface area contributed by atoms with E-state index in [1.807, 2.05) is 47.8 Å². The molecule has 2 aromatic carbocycles. The average molecular weight is 432 g/mol. The first-order valence-electron chi connectivity index (χ1n) is 8.24. The van der Waals surface area contributed by atoms with Gasteiger partial charge in [-0.3, -0.25) is 0 Å². The van der Waals surface area contributed by atoms with Gasteiger partial charge in [-0.25, -0.2) is 13.1 Å². The van der Waals surface area contributed by atoms with Gasteiger partial charge in [0.05, 0.1) is 15.5 Å². The summed E-state index contributed by atoms with van der Waals surface area (Å²) in [5, 5.41) is 10.3. The Labute approximate surface area is 170 Å². The minimum absolute atomic E-state index is 0.0721. The Hall–Kier alpha value is -2.52. The van der Waals surface area contributed by atoms with Gasteiger partial charge in [-0.1, -0.05) is 35.9 Å². The predicted molar refractivity (Wildman–Crippen MR) is 109 cm³/mol. The molecule has 0 aliphatic rings. The van der Waals surface area contributed by atoms with Gasteiger partial charge >= 0.3 is 0 Å². The van der Waals surface area contributed by atoms with Crippen LogP contribution in [0.4, 0.5) is 0 Å². The highest BCUT2D eigenvalue weighted by Gasteiger charge is 2.19. The highest BCUT2D eigenvalue weighted by molar-refractivity contribution is 7.89. The third-order valence-electron chi connectivity index (χ3n) is 3.94. The molecule has 4 aromatic rings. The molecule has 2 aromatic heterocycles. The second-order valence-electron chi connectivity index (χ2n) is 5.82. The van der Waals surface area contributed by atoms with E-state index in [0.717, 1.165) is 10.4 Å². The molecule has 0 fully saturated rings. The maximum Gasteiger partial charge on any atom is 0.249 e. The smallest absolute Gasteiger partial charge is 0.249 e. The van der Waals surface area contributed by atoms with E-state index in [-0.39, 0.29) is 17.3 Å². The third kappa shape index (κ3) is 4.00. The molecule has 0 aliphatic heterocycles. The van der Waals surface area contributed by atoms with E-state index in [2.05, 4.69) is 14.9 Å². The van der Waals surface area contributed by atoms with Crippen LogP contribution in [0.2, 0.25) is 5.02 Å². The number of hydrogen-bond donors (Lipinski definition) is 1. The number of halogens is 1. The lowest BCUT2D eigenvalue weighted by molar-refractivity contribution is 0.580. The van der Waals surface area contributed by atoms with Gasteiger partial charge in [0, 0.05) is 17.0 Å². The SMILES string of the molecule is O=S(=O)(NCc1cccs1)c1ccc(Cl)c(-c2nnc(-c3ccccc3)o2)c1. The third-order valence-corrected chi connectivity index (χ3v) is 6.55. The van der Waals surface area contributed by atoms with Crippen LogP contribution in [0.3, 0.4) is 0 Å². The standard InChI is InChI=1S/C19H14ClN3O3S2/c20-17-9-8-15(28(24,25)21-12-14-7-4-10-27-14)11-16(17)19-23-22-18(26-19)13-5-2-1-3-6-13/h1-11,21H,12H2. The number of sulfonamides is 1. The van der Waals surface area contributed by atoms with Crippen molar-refractivity contribution in [2.75, 3.05) is 0 Å². The van der Waals surface area contributed by atoms with Crippen LogP contribution in [0, 0.1) is 0 Å². The number of nitrogens with one attached hydrogen (secondary N) is 1. The number of rotatable bonds is 6. The molecule has 4 rings (SSSR count). The molecule has 0 spiro atoms. The summed E-state index contributed by atoms with van der Waals surface area (Å²) in [4.78, 5) is 0.991. The Morgan fingerprint density at radius 3 is 2.54 bits per heavy atom. The molecular formula is C19H14ClN3O3S2. The monoisotopic (exact) mass is 431 g/mol. The average Bonchev–Trinajstić information content (AvgIpc) is 3.39. The van der Waals surface area contributed by atoms with E-state index < -0.39 is 10.0 Å². The molecule has 0 bridgehead atoms. The maximum atomic E-state index is 12.6. The van der Waals surface area contributed by atoms with Crippen molar-refractivity contribution >= 4 is 33.0 Å². The zero-order chi connectivity index (χ0) is 19.6. The topological polar surface area (TPSA) is 85.1 Å². The molecule has 0 radical (unpaired) electrons. The van der Waals surface area contributed by atoms with E-state index in [1.165, 1.54) is 29.5 Å². The van der Waals surface area contributed by atoms with Gasteiger partial charge in [0.15, 0.2) is 0 Å². The molecule has 0 aliphatic carbocycles. The van der Waals surface area contributed by atoms with Crippen molar-refractivity contribution in [2.24, 2.45) is 0 Å². The summed E-state index contributed by atoms with van der Waals surface area (Å²) >= 11 is 7.73. The zero-order valence-electron chi connectivity index (χ0n) is 14.4. The molecule has 0 saturated heterocycles. The summed E-state index contributed by atoms with van der Waals surface area (Å²) < 4.78 is 33.5. The van der Waals surface area contributed by atoms with Gasteiger partial charge in [0.25, 0.3) is 0 Å². The van der Waals surface area contributed by atoms with Crippen LogP contribution in [0.5, 0.6) is 0 Å². The largest absolute Gasteiger partial charge is 0.416 e. The summed E-state index contributed by atoms with van der Waals surface area (Å²) in [6.45, 7) is 0.219. The van der Waals surface area contributed by atoms with Crippen molar-refractivity contribution in [1.82, 2.24) is 14.9 Å². The minimum atomic E-state index is -3.72. The van der Waals surface area contributed by atoms with Crippen LogP contribution in [0.1, 0.15) is 4.88 Å². The molecule has 0 amide bonds. The van der Waals surface area contributed by atoms with Crippen LogP contribution in [-0.2, 0) is 16.6 Å². The fourth-order valence-corrected chi connectivity index (χ4v) is 4.49. The molecule has 0 unspecified atom stereocenters. The molecule has 2 heterocycles. The molecule has 0 atom stereocenters. The lowest BCUT2D eigenvalue weighted by Gasteiger charge is -2.07. The Morgan fingerprint density at radius 2 is 1.79 bits per heavy atom. The van der Waals surface area contributed by atoms with Crippen molar-refractivity contribution in [2.45, 2.75) is 11.4 Å². The van der Waals surface area contributed by atoms with E-state index in [0.29, 0.717) is 16.5 Å². The number of aromatic nitrogens is 2. The van der Waals surface area contributed by atoms with Crippen molar-refractivity contribution in [3.05, 3.63) is 75.9 Å². The second-order valence-corrected chi connectivity index (χ2v) is 9.03. The van der Waals surface area contributed by atoms with Crippen LogP contribution in [0.15, 0.2) is 75.4 Å². The van der Waals surface area contributed by atoms with Crippen LogP contribution < -0.4 is 4.72 Å². The number of nitrogens with zero attached hydrogens (tertiary/aromatic N) is 2. The minimum Gasteiger partial charge on any atom is -0.416 e. The van der Waals surface area contributed by atoms with Gasteiger partial charge < -0.3 is 4.42 Å². The summed E-state index contributed by atoms with van der Waals surface area (Å²) in [7, 11) is -3.72. The number of benzene rings is 2. The van der Waals surface area contributed by atoms with Gasteiger partial charge in [-0.2, -0.15) is 0 Å². The normalized spacial score (nSPS) is 11.6. The summed E-state index contributed by atoms with van der Waals surface area (Å²) in [5.41, 5.74) is 1.12. The van der Waals surface area contributed by atoms with Crippen LogP contribution in [0.25, 0.3) is 22.9 Å². The lowest BCUT2D eigenvalue weighted by Crippen LogP contribution is -2.22. The number of thiophene rings is 1. The Bertz CT molecular complexity index is 1190. The van der Waals surface area contributed by atoms with E-state index in [9.17, 15) is 8.42 Å². The van der Waals surface area contributed by atoms with Gasteiger partial charge in [-0.05, 0) is 41.8 Å². The highest BCUT2D eigenvalue weighted by atomic mass is 35.5. The van der Waals surface area contributed by atoms with Crippen LogP contribution in [-0.4, -0.2) is 18.6 Å². The van der Waals surface area contributed by atoms with Crippen molar-refractivity contribution < 1.29 is 12.8 Å². The highest BCUT2D eigenvalue weighted by Crippen LogP contribution is 2.31. The van der Waals surface area contributed by atoms with Gasteiger partial charge in [-0.15, -0.1) is 21.5 Å². The first-order valence-corrected chi connectivity index (χ1v) is 11.0. The van der Waals surface area contributed by atoms with Crippen molar-refractivity contribution in [1.29, 1.82) is 0 Å². The summed E-state index contributed by atoms with van der Waals surface area (Å²) in [6.07, 6.45) is 0. The molecule has 0 saturated carbocycles. The Balaban J connectivity index is 1.63. The molecule has 6 nitrogen and oxygen atoms in total. The van der Waals surface area contributed by atoms with Crippen molar-refractivity contribution in [3.63, 3.8) is 0 Å². The second kappa shape index (κ2) is 7.84. The van der Waals surface area contributed by atoms with Crippen LogP contribution >= 0.6 is 22.9 Å². The Kier molecular flexibility index (Phi) is 5.27. The van der Waals surface area contributed by atoms with Crippen molar-refractivity contribution in [3.8, 4) is 22.9 Å². The summed E-state index contributed by atoms with van der Waals surface area (Å²) in [5.74, 6) is 0.481. The van der Waals surface area contributed by atoms with Gasteiger partial charge in [0.2, 0.25) is 21.8 Å².